The van der Waals surface area contributed by atoms with Gasteiger partial charge in [-0.25, -0.2) is 18.4 Å². The molecule has 3 aromatic carbocycles. The molecule has 3 aromatic rings. The summed E-state index contributed by atoms with van der Waals surface area (Å²) < 4.78 is 45.3. The summed E-state index contributed by atoms with van der Waals surface area (Å²) in [5, 5.41) is 37.8. The largest absolute Gasteiger partial charge is 0.477 e. The number of nitrogens with one attached hydrogen (secondary N) is 2. The highest BCUT2D eigenvalue weighted by molar-refractivity contribution is 6.30. The predicted octanol–water partition coefficient (Wildman–Crippen LogP) is 2.59. The summed E-state index contributed by atoms with van der Waals surface area (Å²) in [5.41, 5.74) is -0.138. The van der Waals surface area contributed by atoms with Gasteiger partial charge in [0.15, 0.2) is 11.6 Å². The van der Waals surface area contributed by atoms with E-state index in [4.69, 9.17) is 25.8 Å². The van der Waals surface area contributed by atoms with Gasteiger partial charge < -0.3 is 40.2 Å². The van der Waals surface area contributed by atoms with E-state index in [-0.39, 0.29) is 16.7 Å². The second-order valence-electron chi connectivity index (χ2n) is 10.7. The van der Waals surface area contributed by atoms with Crippen molar-refractivity contribution in [2.24, 2.45) is 0 Å². The van der Waals surface area contributed by atoms with Crippen molar-refractivity contribution < 1.29 is 57.5 Å². The van der Waals surface area contributed by atoms with Crippen molar-refractivity contribution in [2.45, 2.75) is 56.2 Å². The second kappa shape index (κ2) is 15.4. The smallest absolute Gasteiger partial charge is 0.364 e. The van der Waals surface area contributed by atoms with Crippen LogP contribution in [0.5, 0.6) is 0 Å². The van der Waals surface area contributed by atoms with Gasteiger partial charge in [0.25, 0.3) is 11.7 Å². The number of rotatable bonds is 12. The maximum atomic E-state index is 14.5. The lowest BCUT2D eigenvalue weighted by molar-refractivity contribution is -0.313. The highest BCUT2D eigenvalue weighted by atomic mass is 35.5. The minimum Gasteiger partial charge on any atom is -0.477 e. The molecule has 12 nitrogen and oxygen atoms in total. The Bertz CT molecular complexity index is 1600. The third-order valence-electron chi connectivity index (χ3n) is 7.32. The van der Waals surface area contributed by atoms with Gasteiger partial charge in [-0.3, -0.25) is 9.59 Å². The van der Waals surface area contributed by atoms with Crippen molar-refractivity contribution in [2.75, 3.05) is 6.54 Å². The van der Waals surface area contributed by atoms with Gasteiger partial charge in [-0.2, -0.15) is 0 Å². The van der Waals surface area contributed by atoms with E-state index in [1.807, 2.05) is 0 Å². The van der Waals surface area contributed by atoms with E-state index in [0.717, 1.165) is 19.1 Å². The van der Waals surface area contributed by atoms with Gasteiger partial charge in [0, 0.05) is 29.6 Å². The van der Waals surface area contributed by atoms with Crippen LogP contribution < -0.4 is 10.6 Å². The fourth-order valence-electron chi connectivity index (χ4n) is 4.92. The average molecular weight is 677 g/mol. The lowest BCUT2D eigenvalue weighted by Crippen LogP contribution is -2.68. The van der Waals surface area contributed by atoms with Crippen LogP contribution in [-0.4, -0.2) is 81.9 Å². The quantitative estimate of drug-likeness (QED) is 0.179. The van der Waals surface area contributed by atoms with Gasteiger partial charge in [-0.1, -0.05) is 41.9 Å². The zero-order valence-corrected chi connectivity index (χ0v) is 25.5. The fourth-order valence-corrected chi connectivity index (χ4v) is 5.04. The van der Waals surface area contributed by atoms with E-state index in [9.17, 15) is 43.3 Å². The Morgan fingerprint density at radius 2 is 1.68 bits per heavy atom. The number of carboxylic acids is 1. The number of carbonyl (C=O) groups excluding carboxylic acids is 3. The molecule has 5 N–H and O–H groups in total. The van der Waals surface area contributed by atoms with E-state index < -0.39 is 91.2 Å². The summed E-state index contributed by atoms with van der Waals surface area (Å²) in [5.74, 6) is -9.41. The number of esters is 1. The minimum atomic E-state index is -2.78. The average Bonchev–Trinajstić information content (AvgIpc) is 3.05. The van der Waals surface area contributed by atoms with Crippen molar-refractivity contribution in [3.8, 4) is 0 Å². The fraction of sp³-hybridized carbons (Fsp3) is 0.312. The molecule has 1 aliphatic rings. The topological polar surface area (TPSA) is 181 Å². The maximum Gasteiger partial charge on any atom is 0.364 e. The lowest BCUT2D eigenvalue weighted by atomic mass is 9.88. The molecule has 0 saturated carbocycles. The first kappa shape index (κ1) is 35.4. The van der Waals surface area contributed by atoms with E-state index in [0.29, 0.717) is 5.02 Å². The zero-order chi connectivity index (χ0) is 34.3. The van der Waals surface area contributed by atoms with Crippen LogP contribution in [0, 0.1) is 11.6 Å². The van der Waals surface area contributed by atoms with Gasteiger partial charge in [-0.15, -0.1) is 0 Å². The van der Waals surface area contributed by atoms with Crippen molar-refractivity contribution in [1.82, 2.24) is 10.6 Å². The molecule has 1 heterocycles. The van der Waals surface area contributed by atoms with Crippen molar-refractivity contribution in [3.05, 3.63) is 106 Å². The van der Waals surface area contributed by atoms with Crippen LogP contribution >= 0.6 is 11.6 Å². The molecule has 1 saturated heterocycles. The molecule has 0 aliphatic carbocycles. The first-order chi connectivity index (χ1) is 22.3. The number of carboxylic acid groups (broad SMARTS) is 1. The van der Waals surface area contributed by atoms with E-state index in [2.05, 4.69) is 10.6 Å². The van der Waals surface area contributed by atoms with Crippen LogP contribution in [0.15, 0.2) is 72.8 Å². The summed E-state index contributed by atoms with van der Waals surface area (Å²) in [6, 6.07) is 15.0. The Balaban J connectivity index is 1.66. The number of hydrogen-bond donors (Lipinski definition) is 5. The standard InChI is InChI=1S/C32H31ClF2N2O10/c1-17(38)37-26-24(46-30(42)19-6-3-2-4-7-19)14-32(31(43)44,45-16-20-8-5-9-22(34)25(20)35)47-28(26)27(40)23(39)15-36-29(41)18-10-12-21(33)13-11-18/h2-13,23-24,26-28,39-40H,14-16H2,1H3,(H,36,41)(H,37,38)(H,43,44)/t23-,24+,26-,27-,28-,32-/m1/s1. The molecule has 0 radical (unpaired) electrons. The lowest BCUT2D eigenvalue weighted by Gasteiger charge is -2.47. The minimum absolute atomic E-state index is 0.0614. The second-order valence-corrected chi connectivity index (χ2v) is 11.1. The number of halogens is 3. The Morgan fingerprint density at radius 1 is 1.00 bits per heavy atom. The molecule has 6 atom stereocenters. The first-order valence-electron chi connectivity index (χ1n) is 14.2. The highest BCUT2D eigenvalue weighted by Gasteiger charge is 2.57. The highest BCUT2D eigenvalue weighted by Crippen LogP contribution is 2.36. The zero-order valence-electron chi connectivity index (χ0n) is 24.8. The molecule has 0 unspecified atom stereocenters. The number of aliphatic carboxylic acids is 1. The van der Waals surface area contributed by atoms with E-state index in [1.54, 1.807) is 18.2 Å². The van der Waals surface area contributed by atoms with Gasteiger partial charge in [0.05, 0.1) is 30.7 Å². The van der Waals surface area contributed by atoms with Crippen molar-refractivity contribution in [1.29, 1.82) is 0 Å². The van der Waals surface area contributed by atoms with Crippen LogP contribution in [0.2, 0.25) is 5.02 Å². The van der Waals surface area contributed by atoms with Crippen LogP contribution in [-0.2, 0) is 30.4 Å². The van der Waals surface area contributed by atoms with Crippen LogP contribution in [0.3, 0.4) is 0 Å². The third-order valence-corrected chi connectivity index (χ3v) is 7.57. The van der Waals surface area contributed by atoms with E-state index >= 15 is 0 Å². The maximum absolute atomic E-state index is 14.5. The Labute approximate surface area is 272 Å². The van der Waals surface area contributed by atoms with Crippen LogP contribution in [0.4, 0.5) is 8.78 Å². The molecular formula is C32H31ClF2N2O10. The Morgan fingerprint density at radius 3 is 2.32 bits per heavy atom. The molecule has 0 aromatic heterocycles. The predicted molar refractivity (Wildman–Crippen MR) is 160 cm³/mol. The molecule has 15 heteroatoms. The number of benzene rings is 3. The number of amides is 2. The third kappa shape index (κ3) is 8.67. The van der Waals surface area contributed by atoms with Crippen LogP contribution in [0.1, 0.15) is 39.6 Å². The van der Waals surface area contributed by atoms with Gasteiger partial charge in [0.1, 0.15) is 18.3 Å². The molecule has 4 rings (SSSR count). The number of aliphatic hydroxyl groups excluding tert-OH is 2. The molecule has 2 amide bonds. The Kier molecular flexibility index (Phi) is 11.6. The normalized spacial score (nSPS) is 22.0. The molecule has 250 valence electrons. The first-order valence-corrected chi connectivity index (χ1v) is 14.6. The molecule has 47 heavy (non-hydrogen) atoms. The summed E-state index contributed by atoms with van der Waals surface area (Å²) in [6.07, 6.45) is -8.14. The van der Waals surface area contributed by atoms with Crippen LogP contribution in [0.25, 0.3) is 0 Å². The monoisotopic (exact) mass is 676 g/mol. The van der Waals surface area contributed by atoms with E-state index in [1.165, 1.54) is 42.5 Å². The summed E-state index contributed by atoms with van der Waals surface area (Å²) in [7, 11) is 0. The number of ether oxygens (including phenoxy) is 3. The number of aliphatic hydroxyl groups is 2. The molecule has 0 bridgehead atoms. The SMILES string of the molecule is CC(=O)N[C@H]1[C@H]([C@H](O)[C@H](O)CNC(=O)c2ccc(Cl)cc2)O[C@@](OCc2cccc(F)c2F)(C(=O)O)C[C@@H]1OC(=O)c1ccccc1. The summed E-state index contributed by atoms with van der Waals surface area (Å²) >= 11 is 5.85. The van der Waals surface area contributed by atoms with Gasteiger partial charge in [0.2, 0.25) is 5.91 Å². The number of carbonyl (C=O) groups is 4. The van der Waals surface area contributed by atoms with Gasteiger partial charge >= 0.3 is 11.9 Å². The molecule has 0 spiro atoms. The van der Waals surface area contributed by atoms with Gasteiger partial charge in [-0.05, 0) is 42.5 Å². The molecule has 1 aliphatic heterocycles. The molecule has 1 fully saturated rings. The Hall–Kier alpha value is -4.47. The summed E-state index contributed by atoms with van der Waals surface area (Å²) in [4.78, 5) is 50.7. The molecular weight excluding hydrogens is 646 g/mol. The van der Waals surface area contributed by atoms with Crippen molar-refractivity contribution >= 4 is 35.4 Å². The summed E-state index contributed by atoms with van der Waals surface area (Å²) in [6.45, 7) is -0.327. The number of hydrogen-bond acceptors (Lipinski definition) is 9. The van der Waals surface area contributed by atoms with Crippen molar-refractivity contribution in [3.63, 3.8) is 0 Å².